The number of halogens is 1. The Morgan fingerprint density at radius 1 is 1.00 bits per heavy atom. The minimum Gasteiger partial charge on any atom is -0.498 e. The Hall–Kier alpha value is -1.55. The second kappa shape index (κ2) is 9.94. The van der Waals surface area contributed by atoms with Gasteiger partial charge in [-0.3, -0.25) is 4.90 Å². The monoisotopic (exact) mass is 438 g/mol. The number of ether oxygens (including phenoxy) is 1. The van der Waals surface area contributed by atoms with Gasteiger partial charge in [0.25, 0.3) is 0 Å². The normalized spacial score (nSPS) is 26.9. The lowest BCUT2D eigenvalue weighted by Gasteiger charge is -2.39. The van der Waals surface area contributed by atoms with Crippen molar-refractivity contribution in [3.63, 3.8) is 0 Å². The van der Waals surface area contributed by atoms with Crippen LogP contribution in [-0.2, 0) is 4.74 Å². The van der Waals surface area contributed by atoms with Gasteiger partial charge in [-0.15, -0.1) is 0 Å². The second-order valence-corrected chi connectivity index (χ2v) is 9.92. The molecular weight excluding hydrogens is 404 g/mol. The smallest absolute Gasteiger partial charge is 0.0997 e. The fourth-order valence-electron chi connectivity index (χ4n) is 5.84. The maximum Gasteiger partial charge on any atom is 0.0997 e. The van der Waals surface area contributed by atoms with Gasteiger partial charge in [-0.05, 0) is 86.7 Å². The third kappa shape index (κ3) is 4.94. The maximum atomic E-state index is 6.35. The Morgan fingerprint density at radius 2 is 1.90 bits per heavy atom. The number of hydrogen-bond acceptors (Lipinski definition) is 3. The lowest BCUT2D eigenvalue weighted by Crippen LogP contribution is -2.41. The van der Waals surface area contributed by atoms with Gasteiger partial charge in [-0.1, -0.05) is 42.3 Å². The Kier molecular flexibility index (Phi) is 6.83. The van der Waals surface area contributed by atoms with E-state index in [9.17, 15) is 0 Å². The predicted molar refractivity (Wildman–Crippen MR) is 129 cm³/mol. The van der Waals surface area contributed by atoms with E-state index < -0.39 is 0 Å². The van der Waals surface area contributed by atoms with Crippen LogP contribution in [0.4, 0.5) is 0 Å². The first-order chi connectivity index (χ1) is 15.3. The van der Waals surface area contributed by atoms with Crippen molar-refractivity contribution >= 4 is 11.6 Å². The molecule has 3 saturated heterocycles. The van der Waals surface area contributed by atoms with Crippen LogP contribution in [0.2, 0.25) is 5.02 Å². The molecule has 1 aliphatic carbocycles. The van der Waals surface area contributed by atoms with Crippen LogP contribution in [-0.4, -0.2) is 55.2 Å². The molecule has 5 rings (SSSR count). The number of nitrogens with zero attached hydrogens (tertiary/aromatic N) is 2. The quantitative estimate of drug-likeness (QED) is 0.511. The molecule has 3 nitrogen and oxygen atoms in total. The molecule has 1 aromatic rings. The van der Waals surface area contributed by atoms with E-state index in [0.717, 1.165) is 36.8 Å². The fraction of sp³-hybridized carbons (Fsp3) is 0.556. The Labute approximate surface area is 192 Å². The highest BCUT2D eigenvalue weighted by atomic mass is 35.5. The van der Waals surface area contributed by atoms with Crippen LogP contribution in [0.3, 0.4) is 0 Å². The average molecular weight is 439 g/mol. The molecule has 0 radical (unpaired) electrons. The van der Waals surface area contributed by atoms with Crippen molar-refractivity contribution in [3.8, 4) is 0 Å². The van der Waals surface area contributed by atoms with Crippen LogP contribution in [0, 0.1) is 0 Å². The summed E-state index contributed by atoms with van der Waals surface area (Å²) in [6.45, 7) is 6.83. The third-order valence-corrected chi connectivity index (χ3v) is 7.66. The number of benzene rings is 1. The summed E-state index contributed by atoms with van der Waals surface area (Å²) in [5, 5.41) is 0.828. The van der Waals surface area contributed by atoms with Crippen molar-refractivity contribution in [1.29, 1.82) is 0 Å². The number of hydrogen-bond donors (Lipinski definition) is 0. The van der Waals surface area contributed by atoms with Gasteiger partial charge < -0.3 is 9.64 Å². The number of allylic oxidation sites excluding steroid dienone is 3. The lowest BCUT2D eigenvalue weighted by atomic mass is 9.79. The predicted octanol–water partition coefficient (Wildman–Crippen LogP) is 5.93. The molecular formula is C27H35ClN2O. The van der Waals surface area contributed by atoms with Gasteiger partial charge in [0.15, 0.2) is 0 Å². The van der Waals surface area contributed by atoms with E-state index in [-0.39, 0.29) is 0 Å². The van der Waals surface area contributed by atoms with Crippen molar-refractivity contribution in [2.45, 2.75) is 56.9 Å². The lowest BCUT2D eigenvalue weighted by molar-refractivity contribution is 0.168. The second-order valence-electron chi connectivity index (χ2n) is 9.48. The van der Waals surface area contributed by atoms with Crippen LogP contribution < -0.4 is 0 Å². The Morgan fingerprint density at radius 3 is 2.77 bits per heavy atom. The van der Waals surface area contributed by atoms with Crippen molar-refractivity contribution in [2.24, 2.45) is 0 Å². The van der Waals surface area contributed by atoms with Gasteiger partial charge in [0.05, 0.1) is 12.4 Å². The van der Waals surface area contributed by atoms with Crippen molar-refractivity contribution < 1.29 is 4.74 Å². The summed E-state index contributed by atoms with van der Waals surface area (Å²) in [5.41, 5.74) is 4.32. The van der Waals surface area contributed by atoms with Crippen molar-refractivity contribution in [3.05, 3.63) is 70.0 Å². The van der Waals surface area contributed by atoms with E-state index in [1.165, 1.54) is 75.0 Å². The highest BCUT2D eigenvalue weighted by molar-refractivity contribution is 6.30. The molecule has 31 heavy (non-hydrogen) atoms. The Balaban J connectivity index is 1.29. The van der Waals surface area contributed by atoms with Crippen molar-refractivity contribution in [1.82, 2.24) is 9.80 Å². The molecule has 0 aromatic heterocycles. The van der Waals surface area contributed by atoms with E-state index >= 15 is 0 Å². The van der Waals surface area contributed by atoms with E-state index in [1.807, 2.05) is 6.07 Å². The van der Waals surface area contributed by atoms with Crippen LogP contribution in [0.25, 0.3) is 0 Å². The molecule has 4 heteroatoms. The van der Waals surface area contributed by atoms with Crippen LogP contribution in [0.5, 0.6) is 0 Å². The molecule has 3 heterocycles. The first-order valence-electron chi connectivity index (χ1n) is 12.2. The molecule has 166 valence electrons. The SMILES string of the molecule is Clc1cccc([C@H]2CN3CCCC3C3=CCC(OCCCN4CCCCC4)=CC=C32)c1. The number of rotatable bonds is 6. The number of likely N-dealkylation sites (tertiary alicyclic amines) is 1. The third-order valence-electron chi connectivity index (χ3n) is 7.43. The molecule has 0 bridgehead atoms. The minimum absolute atomic E-state index is 0.383. The zero-order valence-electron chi connectivity index (χ0n) is 18.6. The summed E-state index contributed by atoms with van der Waals surface area (Å²) in [6.07, 6.45) is 15.8. The number of piperidine rings is 2. The molecule has 0 saturated carbocycles. The molecule has 3 aliphatic heterocycles. The van der Waals surface area contributed by atoms with Gasteiger partial charge in [0.2, 0.25) is 0 Å². The molecule has 0 N–H and O–H groups in total. The van der Waals surface area contributed by atoms with E-state index in [2.05, 4.69) is 46.2 Å². The zero-order chi connectivity index (χ0) is 21.0. The summed E-state index contributed by atoms with van der Waals surface area (Å²) in [6, 6.07) is 9.02. The first-order valence-corrected chi connectivity index (χ1v) is 12.6. The van der Waals surface area contributed by atoms with E-state index in [0.29, 0.717) is 12.0 Å². The summed E-state index contributed by atoms with van der Waals surface area (Å²) in [7, 11) is 0. The van der Waals surface area contributed by atoms with Gasteiger partial charge in [0.1, 0.15) is 0 Å². The highest BCUT2D eigenvalue weighted by Crippen LogP contribution is 2.44. The summed E-state index contributed by atoms with van der Waals surface area (Å²) in [4.78, 5) is 5.27. The molecule has 4 aliphatic rings. The van der Waals surface area contributed by atoms with Crippen LogP contribution >= 0.6 is 11.6 Å². The maximum absolute atomic E-state index is 6.35. The summed E-state index contributed by atoms with van der Waals surface area (Å²) >= 11 is 6.35. The summed E-state index contributed by atoms with van der Waals surface area (Å²) < 4.78 is 6.24. The van der Waals surface area contributed by atoms with E-state index in [4.69, 9.17) is 16.3 Å². The number of fused-ring (bicyclic) bond motifs is 3. The van der Waals surface area contributed by atoms with E-state index in [1.54, 1.807) is 0 Å². The Bertz CT molecular complexity index is 868. The van der Waals surface area contributed by atoms with Gasteiger partial charge in [-0.2, -0.15) is 0 Å². The minimum atomic E-state index is 0.383. The van der Waals surface area contributed by atoms with Crippen LogP contribution in [0.15, 0.2) is 59.4 Å². The van der Waals surface area contributed by atoms with Gasteiger partial charge >= 0.3 is 0 Å². The zero-order valence-corrected chi connectivity index (χ0v) is 19.3. The van der Waals surface area contributed by atoms with Crippen LogP contribution in [0.1, 0.15) is 56.4 Å². The molecule has 2 atom stereocenters. The van der Waals surface area contributed by atoms with Gasteiger partial charge in [-0.25, -0.2) is 0 Å². The fourth-order valence-corrected chi connectivity index (χ4v) is 6.04. The molecule has 1 aromatic carbocycles. The topological polar surface area (TPSA) is 15.7 Å². The molecule has 0 amide bonds. The average Bonchev–Trinajstić information content (AvgIpc) is 3.17. The highest BCUT2D eigenvalue weighted by Gasteiger charge is 2.38. The molecule has 1 unspecified atom stereocenters. The van der Waals surface area contributed by atoms with Crippen molar-refractivity contribution in [2.75, 3.05) is 39.3 Å². The largest absolute Gasteiger partial charge is 0.498 e. The standard InChI is InChI=1S/C27H35ClN2O/c28-22-8-4-7-21(19-22)26-20-30-17-5-9-27(30)25-13-11-23(10-12-24(25)26)31-18-6-16-29-14-2-1-3-15-29/h4,7-8,10,12-13,19,26-27H,1-3,5-6,9,11,14-18,20H2/t26-,27?/m1/s1. The molecule has 3 fully saturated rings. The summed E-state index contributed by atoms with van der Waals surface area (Å²) in [5.74, 6) is 1.50. The first kappa shape index (κ1) is 21.3. The van der Waals surface area contributed by atoms with Gasteiger partial charge in [0, 0.05) is 36.5 Å². The molecule has 0 spiro atoms.